The molecule has 0 atom stereocenters. The Morgan fingerprint density at radius 3 is 2.62 bits per heavy atom. The predicted molar refractivity (Wildman–Crippen MR) is 66.1 cm³/mol. The van der Waals surface area contributed by atoms with Crippen molar-refractivity contribution in [1.29, 1.82) is 0 Å². The van der Waals surface area contributed by atoms with Crippen LogP contribution in [0.15, 0.2) is 10.7 Å². The van der Waals surface area contributed by atoms with Gasteiger partial charge < -0.3 is 10.4 Å². The van der Waals surface area contributed by atoms with Crippen molar-refractivity contribution >= 4 is 15.9 Å². The molecule has 1 aliphatic rings. The number of halogens is 1. The SMILES string of the molecule is CNC1CCC(O)(c2c(Br)cnn2C)CC1. The number of aliphatic hydroxyl groups is 1. The Hall–Kier alpha value is -0.390. The van der Waals surface area contributed by atoms with Crippen LogP contribution in [0.4, 0.5) is 0 Å². The van der Waals surface area contributed by atoms with Crippen LogP contribution in [0, 0.1) is 0 Å². The van der Waals surface area contributed by atoms with Gasteiger partial charge in [0.2, 0.25) is 0 Å². The number of rotatable bonds is 2. The molecule has 0 spiro atoms. The zero-order valence-electron chi connectivity index (χ0n) is 9.70. The van der Waals surface area contributed by atoms with E-state index >= 15 is 0 Å². The molecule has 1 aromatic rings. The largest absolute Gasteiger partial charge is 0.384 e. The molecule has 0 bridgehead atoms. The molecule has 0 saturated heterocycles. The van der Waals surface area contributed by atoms with E-state index in [9.17, 15) is 5.11 Å². The monoisotopic (exact) mass is 287 g/mol. The van der Waals surface area contributed by atoms with Gasteiger partial charge in [-0.15, -0.1) is 0 Å². The molecule has 90 valence electrons. The minimum absolute atomic E-state index is 0.535. The molecule has 1 aliphatic carbocycles. The summed E-state index contributed by atoms with van der Waals surface area (Å²) in [7, 11) is 3.86. The van der Waals surface area contributed by atoms with E-state index < -0.39 is 5.60 Å². The van der Waals surface area contributed by atoms with Gasteiger partial charge in [-0.05, 0) is 48.7 Å². The second-order valence-electron chi connectivity index (χ2n) is 4.56. The topological polar surface area (TPSA) is 50.1 Å². The first-order chi connectivity index (χ1) is 7.57. The van der Waals surface area contributed by atoms with Crippen molar-refractivity contribution in [3.8, 4) is 0 Å². The molecule has 0 aromatic carbocycles. The Balaban J connectivity index is 2.21. The maximum Gasteiger partial charge on any atom is 0.107 e. The first kappa shape index (κ1) is 12.1. The molecule has 16 heavy (non-hydrogen) atoms. The summed E-state index contributed by atoms with van der Waals surface area (Å²) in [5, 5.41) is 18.1. The van der Waals surface area contributed by atoms with Crippen LogP contribution < -0.4 is 5.32 Å². The highest BCUT2D eigenvalue weighted by Crippen LogP contribution is 2.39. The van der Waals surface area contributed by atoms with Crippen LogP contribution in [-0.4, -0.2) is 28.0 Å². The lowest BCUT2D eigenvalue weighted by Gasteiger charge is -2.36. The molecular weight excluding hydrogens is 270 g/mol. The Labute approximate surface area is 104 Å². The van der Waals surface area contributed by atoms with E-state index in [1.54, 1.807) is 10.9 Å². The second kappa shape index (κ2) is 4.47. The third-order valence-electron chi connectivity index (χ3n) is 3.56. The lowest BCUT2D eigenvalue weighted by molar-refractivity contribution is -0.0153. The third-order valence-corrected chi connectivity index (χ3v) is 4.14. The highest BCUT2D eigenvalue weighted by molar-refractivity contribution is 9.10. The summed E-state index contributed by atoms with van der Waals surface area (Å²) in [4.78, 5) is 0. The number of hydrogen-bond acceptors (Lipinski definition) is 3. The molecule has 0 amide bonds. The maximum atomic E-state index is 10.7. The summed E-state index contributed by atoms with van der Waals surface area (Å²) in [6, 6.07) is 0.535. The van der Waals surface area contributed by atoms with E-state index in [-0.39, 0.29) is 0 Å². The molecule has 1 fully saturated rings. The molecule has 2 rings (SSSR count). The van der Waals surface area contributed by atoms with E-state index in [1.165, 1.54) is 0 Å². The summed E-state index contributed by atoms with van der Waals surface area (Å²) >= 11 is 3.46. The van der Waals surface area contributed by atoms with Crippen LogP contribution in [0.2, 0.25) is 0 Å². The highest BCUT2D eigenvalue weighted by atomic mass is 79.9. The minimum Gasteiger partial charge on any atom is -0.384 e. The predicted octanol–water partition coefficient (Wildman–Crippen LogP) is 1.53. The second-order valence-corrected chi connectivity index (χ2v) is 5.41. The van der Waals surface area contributed by atoms with E-state index in [2.05, 4.69) is 26.3 Å². The smallest absolute Gasteiger partial charge is 0.107 e. The van der Waals surface area contributed by atoms with Crippen LogP contribution in [0.3, 0.4) is 0 Å². The summed E-state index contributed by atoms with van der Waals surface area (Å²) < 4.78 is 2.67. The fourth-order valence-corrected chi connectivity index (χ4v) is 3.27. The van der Waals surface area contributed by atoms with Crippen molar-refractivity contribution in [3.05, 3.63) is 16.4 Å². The molecule has 0 radical (unpaired) electrons. The van der Waals surface area contributed by atoms with Crippen molar-refractivity contribution in [2.75, 3.05) is 7.05 Å². The lowest BCUT2D eigenvalue weighted by Crippen LogP contribution is -2.39. The Bertz CT molecular complexity index is 350. The van der Waals surface area contributed by atoms with Crippen LogP contribution in [-0.2, 0) is 12.6 Å². The molecule has 1 heterocycles. The standard InChI is InChI=1S/C11H18BrN3O/c1-13-8-3-5-11(16,6-4-8)10-9(12)7-14-15(10)2/h7-8,13,16H,3-6H2,1-2H3. The van der Waals surface area contributed by atoms with Crippen molar-refractivity contribution in [1.82, 2.24) is 15.1 Å². The molecule has 1 saturated carbocycles. The number of nitrogens with zero attached hydrogens (tertiary/aromatic N) is 2. The van der Waals surface area contributed by atoms with Crippen molar-refractivity contribution in [3.63, 3.8) is 0 Å². The Kier molecular flexibility index (Phi) is 3.37. The quantitative estimate of drug-likeness (QED) is 0.867. The van der Waals surface area contributed by atoms with Crippen molar-refractivity contribution in [2.45, 2.75) is 37.3 Å². The van der Waals surface area contributed by atoms with Gasteiger partial charge in [-0.25, -0.2) is 0 Å². The van der Waals surface area contributed by atoms with Crippen LogP contribution in [0.25, 0.3) is 0 Å². The van der Waals surface area contributed by atoms with Gasteiger partial charge in [-0.3, -0.25) is 4.68 Å². The average molecular weight is 288 g/mol. The van der Waals surface area contributed by atoms with E-state index in [0.29, 0.717) is 6.04 Å². The normalized spacial score (nSPS) is 30.6. The first-order valence-electron chi connectivity index (χ1n) is 5.64. The summed E-state index contributed by atoms with van der Waals surface area (Å²) in [6.07, 6.45) is 5.33. The maximum absolute atomic E-state index is 10.7. The van der Waals surface area contributed by atoms with E-state index in [1.807, 2.05) is 14.1 Å². The number of aromatic nitrogens is 2. The van der Waals surface area contributed by atoms with E-state index in [0.717, 1.165) is 35.8 Å². The van der Waals surface area contributed by atoms with Gasteiger partial charge in [0.15, 0.2) is 0 Å². The number of hydrogen-bond donors (Lipinski definition) is 2. The zero-order chi connectivity index (χ0) is 11.8. The van der Waals surface area contributed by atoms with Crippen LogP contribution in [0.1, 0.15) is 31.4 Å². The van der Waals surface area contributed by atoms with Gasteiger partial charge in [0.1, 0.15) is 5.60 Å². The molecule has 0 aliphatic heterocycles. The average Bonchev–Trinajstić information content (AvgIpc) is 2.60. The van der Waals surface area contributed by atoms with Gasteiger partial charge in [-0.2, -0.15) is 5.10 Å². The molecule has 2 N–H and O–H groups in total. The zero-order valence-corrected chi connectivity index (χ0v) is 11.3. The third kappa shape index (κ3) is 2.04. The van der Waals surface area contributed by atoms with Gasteiger partial charge in [-0.1, -0.05) is 0 Å². The minimum atomic E-state index is -0.725. The van der Waals surface area contributed by atoms with Crippen LogP contribution >= 0.6 is 15.9 Å². The van der Waals surface area contributed by atoms with Gasteiger partial charge in [0.25, 0.3) is 0 Å². The number of aryl methyl sites for hydroxylation is 1. The molecule has 1 aromatic heterocycles. The summed E-state index contributed by atoms with van der Waals surface area (Å²) in [6.45, 7) is 0. The van der Waals surface area contributed by atoms with Gasteiger partial charge >= 0.3 is 0 Å². The Morgan fingerprint density at radius 1 is 1.56 bits per heavy atom. The first-order valence-corrected chi connectivity index (χ1v) is 6.44. The van der Waals surface area contributed by atoms with Crippen molar-refractivity contribution < 1.29 is 5.11 Å². The van der Waals surface area contributed by atoms with Gasteiger partial charge in [0.05, 0.1) is 16.4 Å². The highest BCUT2D eigenvalue weighted by Gasteiger charge is 2.38. The fourth-order valence-electron chi connectivity index (χ4n) is 2.56. The van der Waals surface area contributed by atoms with Crippen molar-refractivity contribution in [2.24, 2.45) is 7.05 Å². The van der Waals surface area contributed by atoms with Crippen LogP contribution in [0.5, 0.6) is 0 Å². The summed E-state index contributed by atoms with van der Waals surface area (Å²) in [5.74, 6) is 0. The van der Waals surface area contributed by atoms with Gasteiger partial charge in [0, 0.05) is 13.1 Å². The van der Waals surface area contributed by atoms with E-state index in [4.69, 9.17) is 0 Å². The summed E-state index contributed by atoms with van der Waals surface area (Å²) in [5.41, 5.74) is 0.180. The lowest BCUT2D eigenvalue weighted by atomic mass is 9.80. The Morgan fingerprint density at radius 2 is 2.19 bits per heavy atom. The molecular formula is C11H18BrN3O. The fraction of sp³-hybridized carbons (Fsp3) is 0.727. The molecule has 4 nitrogen and oxygen atoms in total. The molecule has 5 heteroatoms. The number of nitrogens with one attached hydrogen (secondary N) is 1. The molecule has 0 unspecified atom stereocenters.